The fourth-order valence-electron chi connectivity index (χ4n) is 27.7. The van der Waals surface area contributed by atoms with Crippen molar-refractivity contribution in [1.82, 2.24) is 24.9 Å². The lowest BCUT2D eigenvalue weighted by Crippen LogP contribution is -2.14. The van der Waals surface area contributed by atoms with Gasteiger partial charge in [0.2, 0.25) is 0 Å². The molecule has 0 radical (unpaired) electrons. The monoisotopic (exact) mass is 1920 g/mol. The molecule has 0 fully saturated rings. The van der Waals surface area contributed by atoms with Gasteiger partial charge in [-0.25, -0.2) is 9.97 Å². The molecule has 0 aliphatic heterocycles. The lowest BCUT2D eigenvalue weighted by Gasteiger charge is -2.23. The molecule has 6 aliphatic carbocycles. The van der Waals surface area contributed by atoms with E-state index >= 15 is 0 Å². The van der Waals surface area contributed by atoms with E-state index in [1.807, 2.05) is 43.1 Å². The Labute approximate surface area is 876 Å². The van der Waals surface area contributed by atoms with Crippen molar-refractivity contribution in [3.63, 3.8) is 0 Å². The fraction of sp³-hybridized carbons (Fsp3) is 0.124. The molecule has 5 heteroatoms. The standard InChI is InChI=1S/C49H37N.2C48H36N2/c1-48(2)42-20-10-8-17-38(42)47-39(18-11-21-43(47)48)46-36-16-6-5-15-35(36)45(32-13-12-26-50-29-32)37-25-23-30(27-40(37)46)31-22-24-34-33-14-7-9-19-41(33)49(3,4)44(34)28-31;1-47(2)40-19-10-8-16-36(40)44-37(17-11-20-41(44)47)43-33-14-5-6-15-34(33)45(46-49-25-12-26-50-46)35-24-22-29(27-38(35)43)30-21-23-32-31-13-7-9-18-39(31)48(3,4)42(32)28-30;1-47(2)40-18-10-8-15-36(40)45-37(16-11-19-41(45)47)44-33-13-5-6-14-34(33)46(43-28-49-24-25-50-43)35-23-21-29(26-38(35)44)30-20-22-32-31-12-7-9-17-39(31)48(3,4)42(32)27-30/h5-29H,1-4H3;2*5-28H,1-4H3. The summed E-state index contributed by atoms with van der Waals surface area (Å²) in [7, 11) is 0. The summed E-state index contributed by atoms with van der Waals surface area (Å²) in [5.41, 5.74) is 52.8. The Kier molecular flexibility index (Phi) is 20.1. The second-order valence-corrected chi connectivity index (χ2v) is 45.1. The minimum atomic E-state index is -0.0919. The normalized spacial score (nSPS) is 14.7. The molecule has 0 bridgehead atoms. The van der Waals surface area contributed by atoms with Gasteiger partial charge in [0.15, 0.2) is 5.82 Å². The first-order valence-corrected chi connectivity index (χ1v) is 52.9. The van der Waals surface area contributed by atoms with E-state index in [0.717, 1.165) is 39.0 Å². The predicted octanol–water partition coefficient (Wildman–Crippen LogP) is 37.8. The molecule has 21 aromatic carbocycles. The van der Waals surface area contributed by atoms with Crippen molar-refractivity contribution in [3.8, 4) is 167 Å². The van der Waals surface area contributed by atoms with Crippen LogP contribution < -0.4 is 0 Å². The summed E-state index contributed by atoms with van der Waals surface area (Å²) in [5, 5.41) is 14.6. The van der Waals surface area contributed by atoms with Crippen LogP contribution in [0.4, 0.5) is 0 Å². The van der Waals surface area contributed by atoms with E-state index in [2.05, 4.69) is 481 Å². The molecule has 0 saturated heterocycles. The third-order valence-corrected chi connectivity index (χ3v) is 35.0. The zero-order chi connectivity index (χ0) is 101. The number of nitrogens with zero attached hydrogens (tertiary/aromatic N) is 5. The summed E-state index contributed by atoms with van der Waals surface area (Å²) in [5.74, 6) is 0.745. The lowest BCUT2D eigenvalue weighted by molar-refractivity contribution is 0.660. The average Bonchev–Trinajstić information content (AvgIpc) is 1.41. The van der Waals surface area contributed by atoms with Gasteiger partial charge in [-0.1, -0.05) is 435 Å². The number of benzene rings is 21. The van der Waals surface area contributed by atoms with Gasteiger partial charge in [0.1, 0.15) is 0 Å². The number of aromatic nitrogens is 5. The van der Waals surface area contributed by atoms with Crippen molar-refractivity contribution >= 4 is 64.6 Å². The third kappa shape index (κ3) is 13.3. The highest BCUT2D eigenvalue weighted by molar-refractivity contribution is 6.27. The highest BCUT2D eigenvalue weighted by atomic mass is 14.9. The molecule has 30 rings (SSSR count). The SMILES string of the molecule is CC1(C)c2ccccc2-c2ccc(-c3ccc4c(-c5cccnc5)c5ccccc5c(-c5cccc6c5-c5ccccc5C6(C)C)c4c3)cc21.CC1(C)c2ccccc2-c2ccc(-c3ccc4c(-c5cnccn5)c5ccccc5c(-c5cccc6c5-c5ccccc5C6(C)C)c4c3)cc21.CC1(C)c2ccccc2-c2ccc(-c3ccc4c(-c5ncccn5)c5ccccc5c(-c5cccc6c5-c5ccccc5C6(C)C)c4c3)cc21. The highest BCUT2D eigenvalue weighted by Gasteiger charge is 2.44. The summed E-state index contributed by atoms with van der Waals surface area (Å²) in [6.07, 6.45) is 13.0. The van der Waals surface area contributed by atoms with Crippen LogP contribution in [-0.2, 0) is 32.5 Å². The van der Waals surface area contributed by atoms with Crippen molar-refractivity contribution in [2.45, 2.75) is 116 Å². The quantitative estimate of drug-likeness (QED) is 0.135. The second-order valence-electron chi connectivity index (χ2n) is 45.1. The summed E-state index contributed by atoms with van der Waals surface area (Å²) in [6, 6.07) is 150. The van der Waals surface area contributed by atoms with Gasteiger partial charge in [-0.15, -0.1) is 0 Å². The Balaban J connectivity index is 0.000000108. The van der Waals surface area contributed by atoms with Crippen LogP contribution in [0.15, 0.2) is 444 Å². The summed E-state index contributed by atoms with van der Waals surface area (Å²) in [6.45, 7) is 28.3. The van der Waals surface area contributed by atoms with Crippen molar-refractivity contribution in [1.29, 1.82) is 0 Å². The van der Waals surface area contributed by atoms with E-state index in [4.69, 9.17) is 15.0 Å². The first-order valence-electron chi connectivity index (χ1n) is 52.9. The molecule has 0 amide bonds. The Morgan fingerprint density at radius 3 is 0.760 bits per heavy atom. The van der Waals surface area contributed by atoms with Crippen molar-refractivity contribution < 1.29 is 0 Å². The van der Waals surface area contributed by atoms with E-state index < -0.39 is 0 Å². The molecule has 0 spiro atoms. The number of rotatable bonds is 9. The highest BCUT2D eigenvalue weighted by Crippen LogP contribution is 2.62. The molecule has 3 aromatic heterocycles. The van der Waals surface area contributed by atoms with Gasteiger partial charge >= 0.3 is 0 Å². The van der Waals surface area contributed by atoms with Crippen LogP contribution >= 0.6 is 0 Å². The van der Waals surface area contributed by atoms with E-state index in [1.54, 1.807) is 12.4 Å². The van der Waals surface area contributed by atoms with Crippen molar-refractivity contribution in [3.05, 3.63) is 511 Å². The first-order chi connectivity index (χ1) is 73.0. The largest absolute Gasteiger partial charge is 0.264 e. The average molecular weight is 1920 g/mol. The number of pyridine rings is 1. The Hall–Kier alpha value is -17.5. The van der Waals surface area contributed by atoms with Crippen LogP contribution in [0.5, 0.6) is 0 Å². The van der Waals surface area contributed by atoms with Crippen LogP contribution in [-0.4, -0.2) is 24.9 Å². The van der Waals surface area contributed by atoms with Gasteiger partial charge in [0, 0.05) is 86.4 Å². The predicted molar refractivity (Wildman–Crippen MR) is 628 cm³/mol. The maximum atomic E-state index is 4.85. The van der Waals surface area contributed by atoms with Gasteiger partial charge in [-0.2, -0.15) is 0 Å². The maximum Gasteiger partial charge on any atom is 0.160 e. The van der Waals surface area contributed by atoms with Gasteiger partial charge in [0.25, 0.3) is 0 Å². The lowest BCUT2D eigenvalue weighted by atomic mass is 9.80. The van der Waals surface area contributed by atoms with Crippen LogP contribution in [0.25, 0.3) is 232 Å². The van der Waals surface area contributed by atoms with Crippen LogP contribution in [0, 0.1) is 0 Å². The van der Waals surface area contributed by atoms with Crippen LogP contribution in [0.1, 0.15) is 150 Å². The summed E-state index contributed by atoms with van der Waals surface area (Å²) < 4.78 is 0. The zero-order valence-corrected chi connectivity index (χ0v) is 86.4. The zero-order valence-electron chi connectivity index (χ0n) is 86.4. The summed E-state index contributed by atoms with van der Waals surface area (Å²) >= 11 is 0. The molecule has 0 N–H and O–H groups in total. The van der Waals surface area contributed by atoms with E-state index in [1.165, 1.54) is 260 Å². The molecule has 6 aliphatic rings. The first kappa shape index (κ1) is 90.1. The van der Waals surface area contributed by atoms with Crippen LogP contribution in [0.3, 0.4) is 0 Å². The molecule has 0 unspecified atom stereocenters. The molecule has 5 nitrogen and oxygen atoms in total. The topological polar surface area (TPSA) is 64.5 Å². The second kappa shape index (κ2) is 33.5. The molecule has 714 valence electrons. The van der Waals surface area contributed by atoms with Crippen LogP contribution in [0.2, 0.25) is 0 Å². The molecule has 24 aromatic rings. The van der Waals surface area contributed by atoms with E-state index in [-0.39, 0.29) is 32.5 Å². The van der Waals surface area contributed by atoms with E-state index in [9.17, 15) is 0 Å². The number of hydrogen-bond acceptors (Lipinski definition) is 5. The smallest absolute Gasteiger partial charge is 0.160 e. The van der Waals surface area contributed by atoms with Gasteiger partial charge in [-0.05, 0) is 319 Å². The summed E-state index contributed by atoms with van der Waals surface area (Å²) in [4.78, 5) is 23.5. The molecule has 0 saturated carbocycles. The third-order valence-electron chi connectivity index (χ3n) is 35.0. The maximum absolute atomic E-state index is 4.85. The van der Waals surface area contributed by atoms with Gasteiger partial charge in [-0.3, -0.25) is 15.0 Å². The molecule has 150 heavy (non-hydrogen) atoms. The minimum absolute atomic E-state index is 0.0571. The van der Waals surface area contributed by atoms with Gasteiger partial charge < -0.3 is 0 Å². The Morgan fingerprint density at radius 1 is 0.140 bits per heavy atom. The van der Waals surface area contributed by atoms with Gasteiger partial charge in [0.05, 0.1) is 11.9 Å². The molecule has 0 atom stereocenters. The molecular formula is C145H109N5. The van der Waals surface area contributed by atoms with E-state index in [0.29, 0.717) is 0 Å². The molecular weight excluding hydrogens is 1810 g/mol. The number of fused-ring (bicyclic) bond motifs is 24. The van der Waals surface area contributed by atoms with Crippen molar-refractivity contribution in [2.75, 3.05) is 0 Å². The molecule has 3 heterocycles. The Morgan fingerprint density at radius 2 is 0.407 bits per heavy atom. The number of hydrogen-bond donors (Lipinski definition) is 0. The fourth-order valence-corrected chi connectivity index (χ4v) is 27.7. The minimum Gasteiger partial charge on any atom is -0.264 e. The van der Waals surface area contributed by atoms with Crippen molar-refractivity contribution in [2.24, 2.45) is 0 Å². The Bertz CT molecular complexity index is 8980.